The topological polar surface area (TPSA) is 9.23 Å². The van der Waals surface area contributed by atoms with Crippen LogP contribution in [0.25, 0.3) is 0 Å². The number of hydrogen-bond acceptors (Lipinski definition) is 1. The number of ether oxygens (including phenoxy) is 1. The minimum absolute atomic E-state index is 0.887. The van der Waals surface area contributed by atoms with Gasteiger partial charge in [0, 0.05) is 0 Å². The highest BCUT2D eigenvalue weighted by Gasteiger charge is 2.21. The molecule has 0 aromatic heterocycles. The molecule has 2 aliphatic rings. The van der Waals surface area contributed by atoms with E-state index in [2.05, 4.69) is 38.1 Å². The molecule has 0 radical (unpaired) electrons. The molecule has 2 fully saturated rings. The first-order valence-electron chi connectivity index (χ1n) is 15.5. The van der Waals surface area contributed by atoms with Crippen LogP contribution in [0.15, 0.2) is 24.3 Å². The maximum absolute atomic E-state index is 6.09. The summed E-state index contributed by atoms with van der Waals surface area (Å²) < 4.78 is 6.09. The van der Waals surface area contributed by atoms with Crippen LogP contribution in [0.1, 0.15) is 141 Å². The molecule has 1 nitrogen and oxygen atoms in total. The van der Waals surface area contributed by atoms with Crippen LogP contribution in [0, 0.1) is 23.7 Å². The fourth-order valence-corrected chi connectivity index (χ4v) is 6.75. The molecule has 3 rings (SSSR count). The van der Waals surface area contributed by atoms with E-state index < -0.39 is 0 Å². The number of aryl methyl sites for hydroxylation is 1. The van der Waals surface area contributed by atoms with Gasteiger partial charge in [0.05, 0.1) is 6.61 Å². The van der Waals surface area contributed by atoms with Crippen molar-refractivity contribution >= 4 is 0 Å². The quantitative estimate of drug-likeness (QED) is 0.219. The van der Waals surface area contributed by atoms with Crippen LogP contribution in [-0.4, -0.2) is 6.61 Å². The molecule has 34 heavy (non-hydrogen) atoms. The minimum atomic E-state index is 0.887. The molecule has 0 N–H and O–H groups in total. The average molecular weight is 469 g/mol. The van der Waals surface area contributed by atoms with E-state index in [1.165, 1.54) is 134 Å². The fourth-order valence-electron chi connectivity index (χ4n) is 6.75. The van der Waals surface area contributed by atoms with Crippen LogP contribution in [0.4, 0.5) is 0 Å². The summed E-state index contributed by atoms with van der Waals surface area (Å²) in [6, 6.07) is 9.03. The molecule has 2 aliphatic carbocycles. The molecule has 0 bridgehead atoms. The molecule has 0 saturated heterocycles. The normalized spacial score (nSPS) is 25.4. The average Bonchev–Trinajstić information content (AvgIpc) is 2.88. The molecule has 1 aromatic rings. The molecule has 2 saturated carbocycles. The maximum Gasteiger partial charge on any atom is 0.119 e. The number of benzene rings is 1. The summed E-state index contributed by atoms with van der Waals surface area (Å²) in [6.45, 7) is 5.53. The minimum Gasteiger partial charge on any atom is -0.494 e. The zero-order valence-electron chi connectivity index (χ0n) is 22.9. The van der Waals surface area contributed by atoms with Crippen molar-refractivity contribution in [2.24, 2.45) is 23.7 Å². The van der Waals surface area contributed by atoms with E-state index in [-0.39, 0.29) is 0 Å². The summed E-state index contributed by atoms with van der Waals surface area (Å²) in [4.78, 5) is 0. The molecule has 0 spiro atoms. The number of hydrogen-bond donors (Lipinski definition) is 0. The van der Waals surface area contributed by atoms with Crippen molar-refractivity contribution < 1.29 is 4.74 Å². The maximum atomic E-state index is 6.09. The van der Waals surface area contributed by atoms with Gasteiger partial charge in [-0.1, -0.05) is 129 Å². The highest BCUT2D eigenvalue weighted by Crippen LogP contribution is 2.35. The van der Waals surface area contributed by atoms with Crippen LogP contribution >= 0.6 is 0 Å². The van der Waals surface area contributed by atoms with Crippen LogP contribution in [0.2, 0.25) is 0 Å². The second-order valence-corrected chi connectivity index (χ2v) is 11.9. The molecule has 1 aromatic carbocycles. The van der Waals surface area contributed by atoms with E-state index >= 15 is 0 Å². The van der Waals surface area contributed by atoms with E-state index in [0.29, 0.717) is 0 Å². The zero-order valence-corrected chi connectivity index (χ0v) is 22.9. The molecule has 0 unspecified atom stereocenters. The number of rotatable bonds is 16. The smallest absolute Gasteiger partial charge is 0.119 e. The van der Waals surface area contributed by atoms with E-state index in [4.69, 9.17) is 4.74 Å². The Hall–Kier alpha value is -0.980. The summed E-state index contributed by atoms with van der Waals surface area (Å²) in [5.41, 5.74) is 1.49. The third-order valence-corrected chi connectivity index (χ3v) is 9.14. The van der Waals surface area contributed by atoms with Gasteiger partial charge >= 0.3 is 0 Å². The van der Waals surface area contributed by atoms with Gasteiger partial charge in [-0.05, 0) is 67.1 Å². The van der Waals surface area contributed by atoms with Crippen molar-refractivity contribution in [3.05, 3.63) is 29.8 Å². The second-order valence-electron chi connectivity index (χ2n) is 11.9. The van der Waals surface area contributed by atoms with Gasteiger partial charge in [-0.2, -0.15) is 0 Å². The first-order valence-corrected chi connectivity index (χ1v) is 15.5. The van der Waals surface area contributed by atoms with Crippen molar-refractivity contribution in [2.45, 2.75) is 142 Å². The van der Waals surface area contributed by atoms with Crippen molar-refractivity contribution in [1.82, 2.24) is 0 Å². The summed E-state index contributed by atoms with van der Waals surface area (Å²) >= 11 is 0. The first-order chi connectivity index (χ1) is 16.8. The monoisotopic (exact) mass is 468 g/mol. The lowest BCUT2D eigenvalue weighted by molar-refractivity contribution is 0.228. The Morgan fingerprint density at radius 2 is 1.09 bits per heavy atom. The van der Waals surface area contributed by atoms with Crippen LogP contribution < -0.4 is 4.74 Å². The van der Waals surface area contributed by atoms with Gasteiger partial charge in [-0.25, -0.2) is 0 Å². The molecular formula is C33H56O. The van der Waals surface area contributed by atoms with Crippen LogP contribution in [0.3, 0.4) is 0 Å². The highest BCUT2D eigenvalue weighted by atomic mass is 16.5. The van der Waals surface area contributed by atoms with Crippen molar-refractivity contribution in [3.8, 4) is 5.75 Å². The Kier molecular flexibility index (Phi) is 13.5. The largest absolute Gasteiger partial charge is 0.494 e. The molecule has 0 amide bonds. The Bertz CT molecular complexity index is 604. The SMILES string of the molecule is CCCCCCC[C@H]1CC[C@H](CCCOc2ccc(CC[C@H]3CC[C@H](CCC)CC3)cc2)CC1. The van der Waals surface area contributed by atoms with E-state index in [9.17, 15) is 0 Å². The molecule has 194 valence electrons. The van der Waals surface area contributed by atoms with Gasteiger partial charge in [0.2, 0.25) is 0 Å². The fraction of sp³-hybridized carbons (Fsp3) is 0.818. The summed E-state index contributed by atoms with van der Waals surface area (Å²) in [6.07, 6.45) is 28.5. The van der Waals surface area contributed by atoms with Crippen molar-refractivity contribution in [2.75, 3.05) is 6.61 Å². The first kappa shape index (κ1) is 27.6. The van der Waals surface area contributed by atoms with E-state index in [0.717, 1.165) is 36.0 Å². The van der Waals surface area contributed by atoms with E-state index in [1.807, 2.05) is 0 Å². The van der Waals surface area contributed by atoms with Crippen molar-refractivity contribution in [1.29, 1.82) is 0 Å². The summed E-state index contributed by atoms with van der Waals surface area (Å²) in [7, 11) is 0. The molecular weight excluding hydrogens is 412 g/mol. The summed E-state index contributed by atoms with van der Waals surface area (Å²) in [5, 5.41) is 0. The lowest BCUT2D eigenvalue weighted by Gasteiger charge is -2.28. The molecule has 0 aliphatic heterocycles. The zero-order chi connectivity index (χ0) is 23.8. The third kappa shape index (κ3) is 10.7. The van der Waals surface area contributed by atoms with E-state index in [1.54, 1.807) is 0 Å². The summed E-state index contributed by atoms with van der Waals surface area (Å²) in [5.74, 6) is 5.04. The third-order valence-electron chi connectivity index (χ3n) is 9.14. The van der Waals surface area contributed by atoms with Gasteiger partial charge in [-0.3, -0.25) is 0 Å². The van der Waals surface area contributed by atoms with Gasteiger partial charge in [-0.15, -0.1) is 0 Å². The Labute approximate surface area is 212 Å². The number of unbranched alkanes of at least 4 members (excludes halogenated alkanes) is 4. The van der Waals surface area contributed by atoms with Crippen LogP contribution in [-0.2, 0) is 6.42 Å². The second kappa shape index (κ2) is 16.6. The van der Waals surface area contributed by atoms with Gasteiger partial charge in [0.25, 0.3) is 0 Å². The van der Waals surface area contributed by atoms with Crippen LogP contribution in [0.5, 0.6) is 5.75 Å². The van der Waals surface area contributed by atoms with Gasteiger partial charge in [0.15, 0.2) is 0 Å². The lowest BCUT2D eigenvalue weighted by atomic mass is 9.78. The predicted octanol–water partition coefficient (Wildman–Crippen LogP) is 10.6. The Morgan fingerprint density at radius 1 is 0.559 bits per heavy atom. The Balaban J connectivity index is 1.20. The standard InChI is InChI=1S/C33H56O/c1-3-5-6-7-8-11-29-15-17-30(18-16-29)12-9-27-34-33-25-23-32(24-26-33)22-21-31-19-13-28(10-4-2)14-20-31/h23-26,28-31H,3-22,27H2,1-2H3/t28-,29-,30-,31-. The molecule has 1 heteroatoms. The van der Waals surface area contributed by atoms with Gasteiger partial charge in [0.1, 0.15) is 5.75 Å². The Morgan fingerprint density at radius 3 is 1.68 bits per heavy atom. The highest BCUT2D eigenvalue weighted by molar-refractivity contribution is 5.27. The molecule has 0 atom stereocenters. The predicted molar refractivity (Wildman–Crippen MR) is 149 cm³/mol. The molecule has 0 heterocycles. The van der Waals surface area contributed by atoms with Gasteiger partial charge < -0.3 is 4.74 Å². The van der Waals surface area contributed by atoms with Crippen molar-refractivity contribution in [3.63, 3.8) is 0 Å². The lowest BCUT2D eigenvalue weighted by Crippen LogP contribution is -2.15.